The lowest BCUT2D eigenvalue weighted by Crippen LogP contribution is -2.79. The van der Waals surface area contributed by atoms with Crippen molar-refractivity contribution in [2.75, 3.05) is 20.2 Å². The number of aromatic hydroxyl groups is 1. The second-order valence-electron chi connectivity index (χ2n) is 10.7. The molecule has 2 aliphatic rings. The van der Waals surface area contributed by atoms with Crippen molar-refractivity contribution in [2.45, 2.75) is 44.7 Å². The molecule has 3 aromatic rings. The summed E-state index contributed by atoms with van der Waals surface area (Å²) < 4.78 is 15.0. The van der Waals surface area contributed by atoms with Gasteiger partial charge in [0.1, 0.15) is 23.8 Å². The number of nitrogens with zero attached hydrogens (tertiary/aromatic N) is 4. The molecule has 5 rings (SSSR count). The van der Waals surface area contributed by atoms with E-state index in [1.807, 2.05) is 30.3 Å². The van der Waals surface area contributed by atoms with Crippen LogP contribution >= 0.6 is 0 Å². The van der Waals surface area contributed by atoms with Gasteiger partial charge < -0.3 is 25.3 Å². The lowest BCUT2D eigenvalue weighted by atomic mass is 9.94. The Morgan fingerprint density at radius 1 is 1.02 bits per heavy atom. The molecule has 3 N–H and O–H groups in total. The van der Waals surface area contributed by atoms with Gasteiger partial charge in [0.15, 0.2) is 0 Å². The zero-order valence-electron chi connectivity index (χ0n) is 23.5. The molecule has 3 atom stereocenters. The van der Waals surface area contributed by atoms with Gasteiger partial charge in [0.05, 0.1) is 19.2 Å². The second kappa shape index (κ2) is 12.2. The summed E-state index contributed by atoms with van der Waals surface area (Å²) in [7, 11) is 1.60. The third-order valence-electron chi connectivity index (χ3n) is 7.80. The van der Waals surface area contributed by atoms with E-state index in [4.69, 9.17) is 0 Å². The lowest BCUT2D eigenvalue weighted by molar-refractivity contribution is -0.200. The Labute approximate surface area is 243 Å². The van der Waals surface area contributed by atoms with E-state index in [2.05, 4.69) is 5.32 Å². The fourth-order valence-electron chi connectivity index (χ4n) is 5.69. The number of hydrazine groups is 1. The number of carbonyl (C=O) groups is 3. The number of piperazine rings is 1. The highest BCUT2D eigenvalue weighted by Crippen LogP contribution is 2.33. The average molecular weight is 576 g/mol. The van der Waals surface area contributed by atoms with E-state index >= 15 is 0 Å². The smallest absolute Gasteiger partial charge is 0.334 e. The predicted octanol–water partition coefficient (Wildman–Crippen LogP) is 2.38. The van der Waals surface area contributed by atoms with Crippen molar-refractivity contribution in [1.29, 1.82) is 0 Å². The summed E-state index contributed by atoms with van der Waals surface area (Å²) in [5.41, 5.74) is 2.52. The molecule has 220 valence electrons. The second-order valence-corrected chi connectivity index (χ2v) is 10.7. The van der Waals surface area contributed by atoms with Gasteiger partial charge in [-0.3, -0.25) is 9.59 Å². The fraction of sp³-hybridized carbons (Fsp3) is 0.323. The summed E-state index contributed by atoms with van der Waals surface area (Å²) in [5, 5.41) is 26.2. The molecule has 10 nitrogen and oxygen atoms in total. The number of fused-ring (bicyclic) bond motifs is 1. The van der Waals surface area contributed by atoms with Crippen LogP contribution in [-0.4, -0.2) is 86.3 Å². The molecule has 0 saturated carbocycles. The van der Waals surface area contributed by atoms with Gasteiger partial charge in [0.2, 0.25) is 11.8 Å². The van der Waals surface area contributed by atoms with Gasteiger partial charge in [-0.1, -0.05) is 54.6 Å². The van der Waals surface area contributed by atoms with Crippen LogP contribution in [0.3, 0.4) is 0 Å². The van der Waals surface area contributed by atoms with Crippen molar-refractivity contribution < 1.29 is 29.0 Å². The van der Waals surface area contributed by atoms with Crippen LogP contribution in [0.1, 0.15) is 22.3 Å². The van der Waals surface area contributed by atoms with Crippen molar-refractivity contribution in [3.8, 4) is 5.75 Å². The van der Waals surface area contributed by atoms with Gasteiger partial charge in [-0.05, 0) is 41.8 Å². The molecule has 4 amide bonds. The standard InChI is InChI=1S/C31H34FN5O5/c1-20-8-11-23(25(32)14-20)17-35-27(19-38)29-36(26(30(35)41)15-21-9-12-24(39)13-10-21)28(40)18-34(2)37(29)31(42)33-16-22-6-4-3-5-7-22/h3-14,26-27,29,38-39H,15-19H2,1-2H3,(H,33,42)/t26-,27-,29-/m0/s1. The zero-order chi connectivity index (χ0) is 30.0. The van der Waals surface area contributed by atoms with Crippen molar-refractivity contribution in [1.82, 2.24) is 25.1 Å². The van der Waals surface area contributed by atoms with Gasteiger partial charge in [0, 0.05) is 32.1 Å². The topological polar surface area (TPSA) is 117 Å². The number of urea groups is 1. The molecule has 2 heterocycles. The summed E-state index contributed by atoms with van der Waals surface area (Å²) in [6.45, 7) is 1.08. The molecule has 0 aromatic heterocycles. The van der Waals surface area contributed by atoms with Gasteiger partial charge in [-0.25, -0.2) is 19.2 Å². The fourth-order valence-corrected chi connectivity index (χ4v) is 5.69. The highest BCUT2D eigenvalue weighted by molar-refractivity contribution is 5.92. The van der Waals surface area contributed by atoms with Crippen LogP contribution < -0.4 is 5.32 Å². The first-order chi connectivity index (χ1) is 20.2. The molecule has 0 unspecified atom stereocenters. The Balaban J connectivity index is 1.54. The number of rotatable bonds is 7. The highest BCUT2D eigenvalue weighted by Gasteiger charge is 2.55. The number of halogens is 1. The number of aliphatic hydroxyl groups excluding tert-OH is 1. The van der Waals surface area contributed by atoms with Crippen molar-refractivity contribution >= 4 is 17.8 Å². The van der Waals surface area contributed by atoms with E-state index < -0.39 is 42.6 Å². The van der Waals surface area contributed by atoms with E-state index in [0.29, 0.717) is 5.56 Å². The summed E-state index contributed by atoms with van der Waals surface area (Å²) in [6, 6.07) is 17.8. The Kier molecular flexibility index (Phi) is 8.41. The number of benzene rings is 3. The first kappa shape index (κ1) is 29.0. The number of likely N-dealkylation sites (N-methyl/N-ethyl adjacent to an activating group) is 1. The van der Waals surface area contributed by atoms with Crippen LogP contribution in [0.2, 0.25) is 0 Å². The van der Waals surface area contributed by atoms with Crippen LogP contribution in [0.15, 0.2) is 72.8 Å². The summed E-state index contributed by atoms with van der Waals surface area (Å²) >= 11 is 0. The number of hydrogen-bond donors (Lipinski definition) is 3. The molecule has 3 aromatic carbocycles. The van der Waals surface area contributed by atoms with Gasteiger partial charge in [-0.2, -0.15) is 0 Å². The zero-order valence-corrected chi connectivity index (χ0v) is 23.5. The summed E-state index contributed by atoms with van der Waals surface area (Å²) in [5.74, 6) is -1.29. The minimum Gasteiger partial charge on any atom is -0.508 e. The maximum absolute atomic E-state index is 15.0. The first-order valence-corrected chi connectivity index (χ1v) is 13.8. The van der Waals surface area contributed by atoms with Crippen LogP contribution in [0.4, 0.5) is 9.18 Å². The van der Waals surface area contributed by atoms with Crippen molar-refractivity contribution in [3.63, 3.8) is 0 Å². The number of nitrogens with one attached hydrogen (secondary N) is 1. The molecule has 2 saturated heterocycles. The van der Waals surface area contributed by atoms with E-state index in [-0.39, 0.29) is 43.3 Å². The van der Waals surface area contributed by atoms with Gasteiger partial charge >= 0.3 is 6.03 Å². The molecular formula is C31H34FN5O5. The highest BCUT2D eigenvalue weighted by atomic mass is 19.1. The predicted molar refractivity (Wildman–Crippen MR) is 152 cm³/mol. The third kappa shape index (κ3) is 5.79. The van der Waals surface area contributed by atoms with E-state index in [1.54, 1.807) is 38.2 Å². The number of phenolic OH excluding ortho intramolecular Hbond substituents is 1. The van der Waals surface area contributed by atoms with E-state index in [0.717, 1.165) is 11.1 Å². The first-order valence-electron chi connectivity index (χ1n) is 13.8. The molecule has 0 radical (unpaired) electrons. The number of aryl methyl sites for hydroxylation is 1. The molecule has 2 fully saturated rings. The SMILES string of the molecule is Cc1ccc(CN2C(=O)[C@H](Cc3ccc(O)cc3)N3C(=O)CN(C)N(C(=O)NCc4ccccc4)[C@H]3[C@@H]2CO)c(F)c1. The van der Waals surface area contributed by atoms with E-state index in [9.17, 15) is 29.0 Å². The van der Waals surface area contributed by atoms with Gasteiger partial charge in [0.25, 0.3) is 0 Å². The maximum Gasteiger partial charge on any atom is 0.334 e. The average Bonchev–Trinajstić information content (AvgIpc) is 2.97. The number of amides is 4. The van der Waals surface area contributed by atoms with Gasteiger partial charge in [-0.15, -0.1) is 0 Å². The number of phenols is 1. The summed E-state index contributed by atoms with van der Waals surface area (Å²) in [6.07, 6.45) is -0.972. The Morgan fingerprint density at radius 2 is 1.74 bits per heavy atom. The number of aliphatic hydroxyl groups is 1. The van der Waals surface area contributed by atoms with Crippen LogP contribution in [0.25, 0.3) is 0 Å². The largest absolute Gasteiger partial charge is 0.508 e. The molecule has 0 bridgehead atoms. The quantitative estimate of drug-likeness (QED) is 0.399. The number of hydrogen-bond acceptors (Lipinski definition) is 6. The minimum atomic E-state index is -1.06. The van der Waals surface area contributed by atoms with E-state index in [1.165, 1.54) is 38.0 Å². The molecular weight excluding hydrogens is 541 g/mol. The normalized spacial score (nSPS) is 21.0. The molecule has 11 heteroatoms. The van der Waals surface area contributed by atoms with Crippen molar-refractivity contribution in [3.05, 3.63) is 101 Å². The monoisotopic (exact) mass is 575 g/mol. The lowest BCUT2D eigenvalue weighted by Gasteiger charge is -2.57. The number of carbonyl (C=O) groups excluding carboxylic acids is 3. The van der Waals surface area contributed by atoms with Crippen LogP contribution in [-0.2, 0) is 29.1 Å². The summed E-state index contributed by atoms with van der Waals surface area (Å²) in [4.78, 5) is 44.2. The maximum atomic E-state index is 15.0. The van der Waals surface area contributed by atoms with Crippen molar-refractivity contribution in [2.24, 2.45) is 0 Å². The molecule has 42 heavy (non-hydrogen) atoms. The van der Waals surface area contributed by atoms with Crippen LogP contribution in [0.5, 0.6) is 5.75 Å². The Morgan fingerprint density at radius 3 is 2.40 bits per heavy atom. The molecule has 2 aliphatic heterocycles. The van der Waals surface area contributed by atoms with Crippen LogP contribution in [0, 0.1) is 12.7 Å². The Bertz CT molecular complexity index is 1450. The molecule has 0 aliphatic carbocycles. The molecule has 0 spiro atoms. The Hall–Kier alpha value is -4.48. The third-order valence-corrected chi connectivity index (χ3v) is 7.80. The minimum absolute atomic E-state index is 0.0559.